The van der Waals surface area contributed by atoms with Crippen molar-refractivity contribution in [2.75, 3.05) is 0 Å². The zero-order valence-corrected chi connectivity index (χ0v) is 17.7. The molecule has 1 N–H and O–H groups in total. The lowest BCUT2D eigenvalue weighted by Gasteiger charge is -2.12. The molecule has 0 spiro atoms. The Labute approximate surface area is 191 Å². The number of hydrogen-bond acceptors (Lipinski definition) is 5. The fraction of sp³-hybridized carbons (Fsp3) is 0.160. The maximum atomic E-state index is 12.8. The largest absolute Gasteiger partial charge is 0.573 e. The quantitative estimate of drug-likeness (QED) is 0.338. The standard InChI is InChI=1S/C25H17F3N4O2/c26-25(27,28)33-16-7-8-18(19(12-16)15-3-2-10-29-13-15)24-31-23(32-34-24)14-6-9-22-20(11-14)17-4-1-5-21(17)30-22/h2-3,6-13,30H,1,4-5H2. The number of hydrogen-bond donors (Lipinski definition) is 1. The number of fused-ring (bicyclic) bond motifs is 3. The average Bonchev–Trinajstić information content (AvgIpc) is 3.55. The van der Waals surface area contributed by atoms with Crippen LogP contribution in [0.4, 0.5) is 13.2 Å². The van der Waals surface area contributed by atoms with E-state index in [0.717, 1.165) is 35.7 Å². The molecule has 1 aliphatic carbocycles. The van der Waals surface area contributed by atoms with Gasteiger partial charge in [0.15, 0.2) is 0 Å². The molecule has 0 saturated heterocycles. The first-order valence-electron chi connectivity index (χ1n) is 10.7. The highest BCUT2D eigenvalue weighted by Gasteiger charge is 2.31. The Balaban J connectivity index is 1.41. The van der Waals surface area contributed by atoms with Crippen LogP contribution in [0, 0.1) is 0 Å². The second-order valence-electron chi connectivity index (χ2n) is 8.12. The van der Waals surface area contributed by atoms with Gasteiger partial charge in [-0.3, -0.25) is 4.98 Å². The van der Waals surface area contributed by atoms with Gasteiger partial charge in [-0.05, 0) is 72.9 Å². The summed E-state index contributed by atoms with van der Waals surface area (Å²) in [6, 6.07) is 13.4. The number of aryl methyl sites for hydroxylation is 2. The number of alkyl halides is 3. The Morgan fingerprint density at radius 1 is 0.971 bits per heavy atom. The van der Waals surface area contributed by atoms with Gasteiger partial charge in [-0.25, -0.2) is 0 Å². The Bertz CT molecular complexity index is 1510. The smallest absolute Gasteiger partial charge is 0.406 e. The number of pyridine rings is 1. The molecule has 170 valence electrons. The molecule has 3 heterocycles. The SMILES string of the molecule is FC(F)(F)Oc1ccc(-c2nc(-c3ccc4[nH]c5c(c4c3)CCC5)no2)c(-c2cccnc2)c1. The van der Waals surface area contributed by atoms with E-state index < -0.39 is 6.36 Å². The predicted molar refractivity (Wildman–Crippen MR) is 119 cm³/mol. The van der Waals surface area contributed by atoms with Crippen molar-refractivity contribution in [1.82, 2.24) is 20.1 Å². The van der Waals surface area contributed by atoms with Crippen LogP contribution in [0.5, 0.6) is 5.75 Å². The molecular formula is C25H17F3N4O2. The summed E-state index contributed by atoms with van der Waals surface area (Å²) in [7, 11) is 0. The number of rotatable bonds is 4. The molecule has 0 radical (unpaired) electrons. The molecular weight excluding hydrogens is 445 g/mol. The van der Waals surface area contributed by atoms with Gasteiger partial charge in [-0.1, -0.05) is 11.2 Å². The van der Waals surface area contributed by atoms with Crippen LogP contribution >= 0.6 is 0 Å². The summed E-state index contributed by atoms with van der Waals surface area (Å²) in [4.78, 5) is 12.1. The maximum absolute atomic E-state index is 12.8. The fourth-order valence-electron chi connectivity index (χ4n) is 4.50. The van der Waals surface area contributed by atoms with Crippen LogP contribution < -0.4 is 4.74 Å². The van der Waals surface area contributed by atoms with Gasteiger partial charge in [-0.15, -0.1) is 13.2 Å². The van der Waals surface area contributed by atoms with Crippen molar-refractivity contribution in [2.45, 2.75) is 25.6 Å². The highest BCUT2D eigenvalue weighted by Crippen LogP contribution is 2.37. The van der Waals surface area contributed by atoms with Crippen LogP contribution in [0.15, 0.2) is 65.4 Å². The first-order chi connectivity index (χ1) is 16.4. The summed E-state index contributed by atoms with van der Waals surface area (Å²) in [5.41, 5.74) is 6.00. The van der Waals surface area contributed by atoms with Crippen LogP contribution in [-0.2, 0) is 12.8 Å². The third-order valence-electron chi connectivity index (χ3n) is 5.96. The monoisotopic (exact) mass is 462 g/mol. The molecule has 0 unspecified atom stereocenters. The Hall–Kier alpha value is -4.14. The molecule has 0 atom stereocenters. The summed E-state index contributed by atoms with van der Waals surface area (Å²) in [6.07, 6.45) is 1.56. The molecule has 1 aliphatic rings. The number of nitrogens with one attached hydrogen (secondary N) is 1. The van der Waals surface area contributed by atoms with E-state index in [2.05, 4.69) is 24.8 Å². The van der Waals surface area contributed by atoms with Gasteiger partial charge in [0.1, 0.15) is 5.75 Å². The van der Waals surface area contributed by atoms with E-state index in [-0.39, 0.29) is 11.6 Å². The minimum absolute atomic E-state index is 0.187. The van der Waals surface area contributed by atoms with Crippen molar-refractivity contribution in [3.8, 4) is 39.7 Å². The molecule has 0 saturated carbocycles. The van der Waals surface area contributed by atoms with Crippen molar-refractivity contribution in [3.63, 3.8) is 0 Å². The summed E-state index contributed by atoms with van der Waals surface area (Å²) in [5.74, 6) is 0.242. The number of halogens is 3. The van der Waals surface area contributed by atoms with Gasteiger partial charge < -0.3 is 14.2 Å². The molecule has 0 aliphatic heterocycles. The van der Waals surface area contributed by atoms with Crippen molar-refractivity contribution in [2.24, 2.45) is 0 Å². The summed E-state index contributed by atoms with van der Waals surface area (Å²) in [6.45, 7) is 0. The van der Waals surface area contributed by atoms with Crippen LogP contribution in [0.3, 0.4) is 0 Å². The van der Waals surface area contributed by atoms with Crippen molar-refractivity contribution < 1.29 is 22.4 Å². The van der Waals surface area contributed by atoms with E-state index in [9.17, 15) is 13.2 Å². The zero-order valence-electron chi connectivity index (χ0n) is 17.7. The molecule has 3 aromatic heterocycles. The number of H-pyrrole nitrogens is 1. The molecule has 6 nitrogen and oxygen atoms in total. The third kappa shape index (κ3) is 3.68. The van der Waals surface area contributed by atoms with E-state index in [1.54, 1.807) is 24.5 Å². The van der Waals surface area contributed by atoms with Crippen LogP contribution in [-0.4, -0.2) is 26.5 Å². The molecule has 9 heteroatoms. The number of aromatic amines is 1. The predicted octanol–water partition coefficient (Wildman–Crippen LogP) is 6.33. The van der Waals surface area contributed by atoms with Gasteiger partial charge in [-0.2, -0.15) is 4.98 Å². The van der Waals surface area contributed by atoms with Gasteiger partial charge in [0.05, 0.1) is 0 Å². The lowest BCUT2D eigenvalue weighted by atomic mass is 10.0. The first kappa shape index (κ1) is 20.5. The third-order valence-corrected chi connectivity index (χ3v) is 5.96. The Morgan fingerprint density at radius 3 is 2.71 bits per heavy atom. The average molecular weight is 462 g/mol. The number of ether oxygens (including phenoxy) is 1. The van der Waals surface area contributed by atoms with E-state index >= 15 is 0 Å². The van der Waals surface area contributed by atoms with Crippen LogP contribution in [0.1, 0.15) is 17.7 Å². The van der Waals surface area contributed by atoms with Gasteiger partial charge in [0.2, 0.25) is 5.82 Å². The highest BCUT2D eigenvalue weighted by atomic mass is 19.4. The molecule has 34 heavy (non-hydrogen) atoms. The number of aromatic nitrogens is 4. The minimum Gasteiger partial charge on any atom is -0.406 e. The first-order valence-corrected chi connectivity index (χ1v) is 10.7. The van der Waals surface area contributed by atoms with Crippen molar-refractivity contribution >= 4 is 10.9 Å². The lowest BCUT2D eigenvalue weighted by Crippen LogP contribution is -2.17. The maximum Gasteiger partial charge on any atom is 0.573 e. The van der Waals surface area contributed by atoms with Gasteiger partial charge in [0, 0.05) is 45.7 Å². The Morgan fingerprint density at radius 2 is 1.88 bits per heavy atom. The van der Waals surface area contributed by atoms with Crippen LogP contribution in [0.25, 0.3) is 44.9 Å². The second-order valence-corrected chi connectivity index (χ2v) is 8.12. The van der Waals surface area contributed by atoms with E-state index in [0.29, 0.717) is 22.5 Å². The summed E-state index contributed by atoms with van der Waals surface area (Å²) >= 11 is 0. The van der Waals surface area contributed by atoms with Crippen molar-refractivity contribution in [1.29, 1.82) is 0 Å². The normalized spacial score (nSPS) is 13.4. The molecule has 0 bridgehead atoms. The zero-order chi connectivity index (χ0) is 23.3. The van der Waals surface area contributed by atoms with Crippen molar-refractivity contribution in [3.05, 3.63) is 72.2 Å². The summed E-state index contributed by atoms with van der Waals surface area (Å²) < 4.78 is 48.0. The van der Waals surface area contributed by atoms with E-state index in [4.69, 9.17) is 4.52 Å². The van der Waals surface area contributed by atoms with Crippen LogP contribution in [0.2, 0.25) is 0 Å². The van der Waals surface area contributed by atoms with Gasteiger partial charge >= 0.3 is 6.36 Å². The lowest BCUT2D eigenvalue weighted by molar-refractivity contribution is -0.274. The highest BCUT2D eigenvalue weighted by molar-refractivity contribution is 5.89. The minimum atomic E-state index is -4.80. The molecule has 2 aromatic carbocycles. The topological polar surface area (TPSA) is 76.8 Å². The van der Waals surface area contributed by atoms with E-state index in [1.807, 2.05) is 18.2 Å². The molecule has 0 amide bonds. The van der Waals surface area contributed by atoms with E-state index in [1.165, 1.54) is 29.5 Å². The van der Waals surface area contributed by atoms with Gasteiger partial charge in [0.25, 0.3) is 5.89 Å². The molecule has 6 rings (SSSR count). The molecule has 0 fully saturated rings. The fourth-order valence-corrected chi connectivity index (χ4v) is 4.50. The number of benzene rings is 2. The number of nitrogens with zero attached hydrogens (tertiary/aromatic N) is 3. The Kier molecular flexibility index (Phi) is 4.65. The molecule has 5 aromatic rings. The second kappa shape index (κ2) is 7.72. The summed E-state index contributed by atoms with van der Waals surface area (Å²) in [5, 5.41) is 5.29.